The second-order valence-electron chi connectivity index (χ2n) is 4.60. The van der Waals surface area contributed by atoms with Crippen LogP contribution in [0.2, 0.25) is 0 Å². The van der Waals surface area contributed by atoms with Gasteiger partial charge in [-0.2, -0.15) is 0 Å². The van der Waals surface area contributed by atoms with E-state index < -0.39 is 0 Å². The molecular formula is C13H20FN. The summed E-state index contributed by atoms with van der Waals surface area (Å²) in [5.74, 6) is 0.875. The summed E-state index contributed by atoms with van der Waals surface area (Å²) < 4.78 is 12.7. The molecule has 0 fully saturated rings. The van der Waals surface area contributed by atoms with Gasteiger partial charge in [-0.1, -0.05) is 32.9 Å². The number of halogens is 1. The predicted molar refractivity (Wildman–Crippen MR) is 62.1 cm³/mol. The third kappa shape index (κ3) is 3.63. The molecule has 0 aromatic heterocycles. The van der Waals surface area contributed by atoms with Crippen LogP contribution in [-0.4, -0.2) is 6.04 Å². The zero-order valence-electron chi connectivity index (χ0n) is 9.70. The van der Waals surface area contributed by atoms with Gasteiger partial charge in [0.2, 0.25) is 0 Å². The predicted octanol–water partition coefficient (Wildman–Crippen LogP) is 2.99. The fraction of sp³-hybridized carbons (Fsp3) is 0.538. The Morgan fingerprint density at radius 1 is 1.13 bits per heavy atom. The number of nitrogens with two attached hydrogens (primary N) is 1. The molecule has 84 valence electrons. The lowest BCUT2D eigenvalue weighted by molar-refractivity contribution is 0.344. The van der Waals surface area contributed by atoms with E-state index in [1.165, 1.54) is 12.1 Å². The first-order valence-corrected chi connectivity index (χ1v) is 5.50. The molecule has 2 unspecified atom stereocenters. The van der Waals surface area contributed by atoms with Crippen LogP contribution in [0.3, 0.4) is 0 Å². The minimum atomic E-state index is -0.191. The molecule has 0 radical (unpaired) electrons. The molecule has 0 saturated carbocycles. The van der Waals surface area contributed by atoms with Crippen LogP contribution in [0.1, 0.15) is 26.3 Å². The van der Waals surface area contributed by atoms with Crippen LogP contribution in [-0.2, 0) is 6.42 Å². The molecule has 0 aliphatic carbocycles. The van der Waals surface area contributed by atoms with Gasteiger partial charge in [-0.25, -0.2) is 4.39 Å². The summed E-state index contributed by atoms with van der Waals surface area (Å²) in [6.45, 7) is 6.52. The van der Waals surface area contributed by atoms with Crippen LogP contribution in [0.4, 0.5) is 4.39 Å². The third-order valence-electron chi connectivity index (χ3n) is 3.11. The lowest BCUT2D eigenvalue weighted by Crippen LogP contribution is -2.33. The molecule has 15 heavy (non-hydrogen) atoms. The van der Waals surface area contributed by atoms with Gasteiger partial charge in [-0.05, 0) is 36.0 Å². The van der Waals surface area contributed by atoms with Gasteiger partial charge in [-0.15, -0.1) is 0 Å². The first kappa shape index (κ1) is 12.2. The number of benzene rings is 1. The lowest BCUT2D eigenvalue weighted by atomic mass is 9.87. The molecule has 0 aliphatic rings. The minimum Gasteiger partial charge on any atom is -0.327 e. The van der Waals surface area contributed by atoms with E-state index in [1.54, 1.807) is 0 Å². The molecule has 0 spiro atoms. The van der Waals surface area contributed by atoms with Crippen molar-refractivity contribution in [1.82, 2.24) is 0 Å². The molecule has 0 heterocycles. The summed E-state index contributed by atoms with van der Waals surface area (Å²) in [4.78, 5) is 0. The van der Waals surface area contributed by atoms with E-state index in [2.05, 4.69) is 20.8 Å². The Labute approximate surface area is 91.5 Å². The lowest BCUT2D eigenvalue weighted by Gasteiger charge is -2.23. The van der Waals surface area contributed by atoms with Crippen LogP contribution >= 0.6 is 0 Å². The number of hydrogen-bond donors (Lipinski definition) is 1. The van der Waals surface area contributed by atoms with Gasteiger partial charge < -0.3 is 5.73 Å². The molecule has 0 saturated heterocycles. The molecule has 0 amide bonds. The molecule has 1 aromatic rings. The van der Waals surface area contributed by atoms with Crippen molar-refractivity contribution in [2.45, 2.75) is 33.2 Å². The Morgan fingerprint density at radius 2 is 1.67 bits per heavy atom. The normalized spacial score (nSPS) is 15.3. The van der Waals surface area contributed by atoms with E-state index in [-0.39, 0.29) is 11.9 Å². The maximum atomic E-state index is 12.7. The molecule has 1 rings (SSSR count). The summed E-state index contributed by atoms with van der Waals surface area (Å²) in [7, 11) is 0. The summed E-state index contributed by atoms with van der Waals surface area (Å²) in [5.41, 5.74) is 7.20. The number of rotatable bonds is 4. The summed E-state index contributed by atoms with van der Waals surface area (Å²) in [6.07, 6.45) is 0.819. The zero-order valence-corrected chi connectivity index (χ0v) is 9.70. The maximum absolute atomic E-state index is 12.7. The Bertz CT molecular complexity index is 292. The van der Waals surface area contributed by atoms with Gasteiger partial charge in [-0.3, -0.25) is 0 Å². The van der Waals surface area contributed by atoms with E-state index in [0.29, 0.717) is 11.8 Å². The van der Waals surface area contributed by atoms with Gasteiger partial charge in [0.15, 0.2) is 0 Å². The second kappa shape index (κ2) is 5.26. The van der Waals surface area contributed by atoms with Crippen molar-refractivity contribution in [2.24, 2.45) is 17.6 Å². The number of hydrogen-bond acceptors (Lipinski definition) is 1. The standard InChI is InChI=1S/C13H20FN/c1-9(2)10(3)13(15)8-11-4-6-12(14)7-5-11/h4-7,9-10,13H,8,15H2,1-3H3. The quantitative estimate of drug-likeness (QED) is 0.810. The highest BCUT2D eigenvalue weighted by Gasteiger charge is 2.16. The Kier molecular flexibility index (Phi) is 4.28. The van der Waals surface area contributed by atoms with Gasteiger partial charge in [0, 0.05) is 6.04 Å². The van der Waals surface area contributed by atoms with Gasteiger partial charge in [0.25, 0.3) is 0 Å². The monoisotopic (exact) mass is 209 g/mol. The van der Waals surface area contributed by atoms with Crippen LogP contribution in [0, 0.1) is 17.7 Å². The van der Waals surface area contributed by atoms with Crippen molar-refractivity contribution in [3.8, 4) is 0 Å². The van der Waals surface area contributed by atoms with Crippen LogP contribution in [0.25, 0.3) is 0 Å². The van der Waals surface area contributed by atoms with Crippen molar-refractivity contribution < 1.29 is 4.39 Å². The Balaban J connectivity index is 2.58. The first-order valence-electron chi connectivity index (χ1n) is 5.50. The topological polar surface area (TPSA) is 26.0 Å². The molecule has 0 aliphatic heterocycles. The smallest absolute Gasteiger partial charge is 0.123 e. The third-order valence-corrected chi connectivity index (χ3v) is 3.11. The summed E-state index contributed by atoms with van der Waals surface area (Å²) in [5, 5.41) is 0. The van der Waals surface area contributed by atoms with E-state index >= 15 is 0 Å². The van der Waals surface area contributed by atoms with Crippen LogP contribution in [0.15, 0.2) is 24.3 Å². The largest absolute Gasteiger partial charge is 0.327 e. The second-order valence-corrected chi connectivity index (χ2v) is 4.60. The van der Waals surface area contributed by atoms with Crippen molar-refractivity contribution >= 4 is 0 Å². The summed E-state index contributed by atoms with van der Waals surface area (Å²) in [6, 6.07) is 6.74. The van der Waals surface area contributed by atoms with E-state index in [0.717, 1.165) is 12.0 Å². The van der Waals surface area contributed by atoms with Gasteiger partial charge >= 0.3 is 0 Å². The molecule has 1 nitrogen and oxygen atoms in total. The highest BCUT2D eigenvalue weighted by atomic mass is 19.1. The fourth-order valence-corrected chi connectivity index (χ4v) is 1.57. The van der Waals surface area contributed by atoms with Crippen molar-refractivity contribution in [1.29, 1.82) is 0 Å². The van der Waals surface area contributed by atoms with Crippen LogP contribution < -0.4 is 5.73 Å². The highest BCUT2D eigenvalue weighted by molar-refractivity contribution is 5.17. The van der Waals surface area contributed by atoms with Crippen molar-refractivity contribution in [3.63, 3.8) is 0 Å². The molecular weight excluding hydrogens is 189 g/mol. The van der Waals surface area contributed by atoms with Gasteiger partial charge in [0.05, 0.1) is 0 Å². The van der Waals surface area contributed by atoms with E-state index in [1.807, 2.05) is 12.1 Å². The molecule has 1 aromatic carbocycles. The molecule has 2 N–H and O–H groups in total. The Morgan fingerprint density at radius 3 is 2.13 bits per heavy atom. The SMILES string of the molecule is CC(C)C(C)C(N)Cc1ccc(F)cc1. The van der Waals surface area contributed by atoms with Gasteiger partial charge in [0.1, 0.15) is 5.82 Å². The average molecular weight is 209 g/mol. The minimum absolute atomic E-state index is 0.149. The zero-order chi connectivity index (χ0) is 11.4. The Hall–Kier alpha value is -0.890. The highest BCUT2D eigenvalue weighted by Crippen LogP contribution is 2.16. The molecule has 2 heteroatoms. The fourth-order valence-electron chi connectivity index (χ4n) is 1.57. The molecule has 0 bridgehead atoms. The molecule has 2 atom stereocenters. The van der Waals surface area contributed by atoms with E-state index in [4.69, 9.17) is 5.73 Å². The average Bonchev–Trinajstić information content (AvgIpc) is 2.20. The maximum Gasteiger partial charge on any atom is 0.123 e. The van der Waals surface area contributed by atoms with Crippen molar-refractivity contribution in [2.75, 3.05) is 0 Å². The summed E-state index contributed by atoms with van der Waals surface area (Å²) >= 11 is 0. The van der Waals surface area contributed by atoms with Crippen LogP contribution in [0.5, 0.6) is 0 Å². The van der Waals surface area contributed by atoms with E-state index in [9.17, 15) is 4.39 Å². The first-order chi connectivity index (χ1) is 7.00. The van der Waals surface area contributed by atoms with Crippen molar-refractivity contribution in [3.05, 3.63) is 35.6 Å².